The molecule has 1 aromatic carbocycles. The second-order valence-electron chi connectivity index (χ2n) is 6.54. The number of sulfone groups is 1. The second kappa shape index (κ2) is 8.69. The Morgan fingerprint density at radius 1 is 1.37 bits per heavy atom. The van der Waals surface area contributed by atoms with Gasteiger partial charge in [-0.05, 0) is 31.9 Å². The molecule has 0 N–H and O–H groups in total. The Bertz CT molecular complexity index is 810. The molecular formula is C18H24FNO6S. The Morgan fingerprint density at radius 2 is 2.07 bits per heavy atom. The van der Waals surface area contributed by atoms with Crippen LogP contribution < -0.4 is 4.74 Å². The molecule has 150 valence electrons. The summed E-state index contributed by atoms with van der Waals surface area (Å²) in [6, 6.07) is 3.04. The van der Waals surface area contributed by atoms with Crippen molar-refractivity contribution in [3.05, 3.63) is 29.6 Å². The third-order valence-electron chi connectivity index (χ3n) is 4.68. The first-order valence-electron chi connectivity index (χ1n) is 8.70. The van der Waals surface area contributed by atoms with Gasteiger partial charge in [-0.15, -0.1) is 0 Å². The Hall–Kier alpha value is -2.16. The zero-order chi connectivity index (χ0) is 20.2. The number of esters is 1. The van der Waals surface area contributed by atoms with Crippen molar-refractivity contribution < 1.29 is 31.9 Å². The Kier molecular flexibility index (Phi) is 6.80. The number of benzene rings is 1. The number of hydrogen-bond acceptors (Lipinski definition) is 6. The molecule has 2 atom stereocenters. The van der Waals surface area contributed by atoms with Crippen molar-refractivity contribution in [3.63, 3.8) is 0 Å². The fourth-order valence-electron chi connectivity index (χ4n) is 3.07. The van der Waals surface area contributed by atoms with Crippen molar-refractivity contribution in [1.82, 2.24) is 4.90 Å². The van der Waals surface area contributed by atoms with E-state index >= 15 is 0 Å². The number of nitrogens with zero attached hydrogens (tertiary/aromatic N) is 1. The number of rotatable bonds is 7. The lowest BCUT2D eigenvalue weighted by Gasteiger charge is -2.33. The molecule has 1 aliphatic heterocycles. The van der Waals surface area contributed by atoms with Gasteiger partial charge in [0.25, 0.3) is 5.91 Å². The molecule has 1 amide bonds. The Balaban J connectivity index is 2.06. The second-order valence-corrected chi connectivity index (χ2v) is 8.77. The first-order chi connectivity index (χ1) is 12.7. The Labute approximate surface area is 158 Å². The van der Waals surface area contributed by atoms with Crippen molar-refractivity contribution in [2.45, 2.75) is 38.8 Å². The van der Waals surface area contributed by atoms with Crippen LogP contribution in [0, 0.1) is 5.82 Å². The summed E-state index contributed by atoms with van der Waals surface area (Å²) in [6.45, 7) is 3.12. The molecule has 7 nitrogen and oxygen atoms in total. The molecule has 9 heteroatoms. The SMILES string of the molecule is CC[C@@H](C)N(C(=O)COC(=O)c1ccc(OC)cc1F)[C@@H]1CCS(=O)(=O)C1. The van der Waals surface area contributed by atoms with E-state index < -0.39 is 40.2 Å². The molecule has 1 heterocycles. The minimum atomic E-state index is -3.17. The van der Waals surface area contributed by atoms with Crippen LogP contribution in [0.15, 0.2) is 18.2 Å². The molecule has 1 aliphatic rings. The number of amides is 1. The van der Waals surface area contributed by atoms with E-state index in [0.717, 1.165) is 6.07 Å². The summed E-state index contributed by atoms with van der Waals surface area (Å²) in [5, 5.41) is 0. The van der Waals surface area contributed by atoms with Gasteiger partial charge in [-0.2, -0.15) is 0 Å². The van der Waals surface area contributed by atoms with E-state index in [2.05, 4.69) is 0 Å². The lowest BCUT2D eigenvalue weighted by molar-refractivity contribution is -0.138. The smallest absolute Gasteiger partial charge is 0.341 e. The highest BCUT2D eigenvalue weighted by atomic mass is 32.2. The molecule has 0 unspecified atom stereocenters. The predicted molar refractivity (Wildman–Crippen MR) is 96.9 cm³/mol. The predicted octanol–water partition coefficient (Wildman–Crippen LogP) is 1.81. The quantitative estimate of drug-likeness (QED) is 0.648. The summed E-state index contributed by atoms with van der Waals surface area (Å²) >= 11 is 0. The number of methoxy groups -OCH3 is 1. The van der Waals surface area contributed by atoms with Gasteiger partial charge in [-0.3, -0.25) is 4.79 Å². The third-order valence-corrected chi connectivity index (χ3v) is 6.43. The average Bonchev–Trinajstić information content (AvgIpc) is 2.98. The highest BCUT2D eigenvalue weighted by Gasteiger charge is 2.36. The lowest BCUT2D eigenvalue weighted by Crippen LogP contribution is -2.48. The lowest BCUT2D eigenvalue weighted by atomic mass is 10.1. The monoisotopic (exact) mass is 401 g/mol. The van der Waals surface area contributed by atoms with Crippen LogP contribution in [0.2, 0.25) is 0 Å². The van der Waals surface area contributed by atoms with Gasteiger partial charge in [-0.1, -0.05) is 6.92 Å². The average molecular weight is 401 g/mol. The van der Waals surface area contributed by atoms with Crippen molar-refractivity contribution in [3.8, 4) is 5.75 Å². The molecule has 0 spiro atoms. The standard InChI is InChI=1S/C18H24FNO6S/c1-4-12(2)20(13-7-8-27(23,24)11-13)17(21)10-26-18(22)15-6-5-14(25-3)9-16(15)19/h5-6,9,12-13H,4,7-8,10-11H2,1-3H3/t12-,13-/m1/s1. The molecule has 0 saturated carbocycles. The summed E-state index contributed by atoms with van der Waals surface area (Å²) in [7, 11) is -1.79. The van der Waals surface area contributed by atoms with Crippen LogP contribution in [0.5, 0.6) is 5.75 Å². The van der Waals surface area contributed by atoms with Crippen molar-refractivity contribution in [1.29, 1.82) is 0 Å². The van der Waals surface area contributed by atoms with Gasteiger partial charge >= 0.3 is 5.97 Å². The molecule has 1 saturated heterocycles. The van der Waals surface area contributed by atoms with E-state index in [1.165, 1.54) is 24.1 Å². The van der Waals surface area contributed by atoms with Crippen molar-refractivity contribution >= 4 is 21.7 Å². The van der Waals surface area contributed by atoms with Crippen LogP contribution in [0.3, 0.4) is 0 Å². The molecule has 0 radical (unpaired) electrons. The van der Waals surface area contributed by atoms with Gasteiger partial charge in [0.2, 0.25) is 0 Å². The maximum absolute atomic E-state index is 13.9. The summed E-state index contributed by atoms with van der Waals surface area (Å²) in [5.41, 5.74) is -0.304. The summed E-state index contributed by atoms with van der Waals surface area (Å²) in [5.74, 6) is -2.07. The van der Waals surface area contributed by atoms with Crippen molar-refractivity contribution in [2.24, 2.45) is 0 Å². The number of halogens is 1. The zero-order valence-corrected chi connectivity index (χ0v) is 16.4. The van der Waals surface area contributed by atoms with Gasteiger partial charge in [0.05, 0.1) is 24.2 Å². The third kappa shape index (κ3) is 5.18. The molecule has 1 aromatic rings. The number of hydrogen-bond donors (Lipinski definition) is 0. The normalized spacial score (nSPS) is 19.3. The van der Waals surface area contributed by atoms with E-state index in [0.29, 0.717) is 12.8 Å². The minimum absolute atomic E-state index is 0.0364. The number of carbonyl (C=O) groups is 2. The van der Waals surface area contributed by atoms with E-state index in [1.54, 1.807) is 0 Å². The number of ether oxygens (including phenoxy) is 2. The maximum Gasteiger partial charge on any atom is 0.341 e. The highest BCUT2D eigenvalue weighted by Crippen LogP contribution is 2.22. The molecule has 1 fully saturated rings. The van der Waals surface area contributed by atoms with Gasteiger partial charge < -0.3 is 14.4 Å². The molecule has 2 rings (SSSR count). The van der Waals surface area contributed by atoms with Gasteiger partial charge in [0, 0.05) is 18.2 Å². The first kappa shape index (κ1) is 21.1. The molecule has 0 aliphatic carbocycles. The fourth-order valence-corrected chi connectivity index (χ4v) is 4.78. The van der Waals surface area contributed by atoms with E-state index in [1.807, 2.05) is 13.8 Å². The van der Waals surface area contributed by atoms with Crippen LogP contribution in [0.25, 0.3) is 0 Å². The van der Waals surface area contributed by atoms with Crippen LogP contribution in [-0.4, -0.2) is 62.5 Å². The van der Waals surface area contributed by atoms with Crippen LogP contribution in [0.1, 0.15) is 37.0 Å². The summed E-state index contributed by atoms with van der Waals surface area (Å²) < 4.78 is 47.3. The van der Waals surface area contributed by atoms with E-state index in [4.69, 9.17) is 9.47 Å². The molecule has 0 bridgehead atoms. The fraction of sp³-hybridized carbons (Fsp3) is 0.556. The first-order valence-corrected chi connectivity index (χ1v) is 10.5. The largest absolute Gasteiger partial charge is 0.497 e. The molecule has 27 heavy (non-hydrogen) atoms. The molecule has 0 aromatic heterocycles. The van der Waals surface area contributed by atoms with E-state index in [-0.39, 0.29) is 28.9 Å². The van der Waals surface area contributed by atoms with Crippen LogP contribution in [-0.2, 0) is 19.4 Å². The van der Waals surface area contributed by atoms with Gasteiger partial charge in [-0.25, -0.2) is 17.6 Å². The summed E-state index contributed by atoms with van der Waals surface area (Å²) in [6.07, 6.45) is 0.989. The van der Waals surface area contributed by atoms with Gasteiger partial charge in [0.1, 0.15) is 11.6 Å². The van der Waals surface area contributed by atoms with Crippen LogP contribution >= 0.6 is 0 Å². The maximum atomic E-state index is 13.9. The summed E-state index contributed by atoms with van der Waals surface area (Å²) in [4.78, 5) is 26.2. The number of carbonyl (C=O) groups excluding carboxylic acids is 2. The zero-order valence-electron chi connectivity index (χ0n) is 15.6. The topological polar surface area (TPSA) is 90.0 Å². The highest BCUT2D eigenvalue weighted by molar-refractivity contribution is 7.91. The van der Waals surface area contributed by atoms with Crippen LogP contribution in [0.4, 0.5) is 4.39 Å². The minimum Gasteiger partial charge on any atom is -0.497 e. The van der Waals surface area contributed by atoms with Gasteiger partial charge in [0.15, 0.2) is 16.4 Å². The van der Waals surface area contributed by atoms with E-state index in [9.17, 15) is 22.4 Å². The van der Waals surface area contributed by atoms with Crippen molar-refractivity contribution in [2.75, 3.05) is 25.2 Å². The molecular weight excluding hydrogens is 377 g/mol. The Morgan fingerprint density at radius 3 is 2.59 bits per heavy atom.